The summed E-state index contributed by atoms with van der Waals surface area (Å²) in [5.74, 6) is 0.966. The number of thioether (sulfide) groups is 1. The van der Waals surface area contributed by atoms with E-state index < -0.39 is 0 Å². The van der Waals surface area contributed by atoms with Crippen LogP contribution in [0.3, 0.4) is 0 Å². The summed E-state index contributed by atoms with van der Waals surface area (Å²) >= 11 is 8.89. The van der Waals surface area contributed by atoms with Gasteiger partial charge in [-0.2, -0.15) is 5.10 Å². The molecule has 0 fully saturated rings. The summed E-state index contributed by atoms with van der Waals surface area (Å²) in [6.07, 6.45) is 1.85. The maximum absolute atomic E-state index is 4.30. The molecule has 108 valence electrons. The fourth-order valence-corrected chi connectivity index (χ4v) is 3.86. The molecule has 1 aromatic carbocycles. The van der Waals surface area contributed by atoms with Crippen molar-refractivity contribution in [1.82, 2.24) is 15.1 Å². The van der Waals surface area contributed by atoms with Crippen LogP contribution in [-0.4, -0.2) is 22.1 Å². The van der Waals surface area contributed by atoms with Crippen molar-refractivity contribution >= 4 is 43.6 Å². The van der Waals surface area contributed by atoms with Gasteiger partial charge in [0.15, 0.2) is 0 Å². The van der Waals surface area contributed by atoms with Gasteiger partial charge in [0.05, 0.1) is 22.4 Å². The highest BCUT2D eigenvalue weighted by molar-refractivity contribution is 9.10. The van der Waals surface area contributed by atoms with Gasteiger partial charge in [-0.05, 0) is 46.7 Å². The average Bonchev–Trinajstić information content (AvgIpc) is 2.76. The van der Waals surface area contributed by atoms with Crippen LogP contribution in [0.2, 0.25) is 0 Å². The molecule has 0 bridgehead atoms. The summed E-state index contributed by atoms with van der Waals surface area (Å²) in [6.45, 7) is 3.06. The first-order chi connectivity index (χ1) is 9.61. The molecule has 3 nitrogen and oxygen atoms in total. The largest absolute Gasteiger partial charge is 0.308 e. The van der Waals surface area contributed by atoms with Gasteiger partial charge in [-0.15, -0.1) is 11.8 Å². The molecule has 6 heteroatoms. The van der Waals surface area contributed by atoms with E-state index in [1.54, 1.807) is 0 Å². The van der Waals surface area contributed by atoms with E-state index in [4.69, 9.17) is 0 Å². The molecular formula is C14H17Br2N3S. The third-order valence-electron chi connectivity index (χ3n) is 2.95. The fourth-order valence-electron chi connectivity index (χ4n) is 2.00. The summed E-state index contributed by atoms with van der Waals surface area (Å²) in [5.41, 5.74) is 1.19. The van der Waals surface area contributed by atoms with Gasteiger partial charge >= 0.3 is 0 Å². The Morgan fingerprint density at radius 2 is 2.00 bits per heavy atom. The standard InChI is InChI=1S/C14H17Br2N3S/c1-3-17-13(14-12(16)8-18-19(14)2)9-20-11-6-4-10(15)5-7-11/h4-8,13,17H,3,9H2,1-2H3. The first-order valence-corrected chi connectivity index (χ1v) is 8.98. The maximum atomic E-state index is 4.30. The number of halogens is 2. The third kappa shape index (κ3) is 4.10. The van der Waals surface area contributed by atoms with E-state index in [9.17, 15) is 0 Å². The Kier molecular flexibility index (Phi) is 6.14. The molecule has 2 rings (SSSR count). The number of nitrogens with zero attached hydrogens (tertiary/aromatic N) is 2. The second-order valence-corrected chi connectivity index (χ2v) is 7.24. The second kappa shape index (κ2) is 7.64. The molecule has 0 aliphatic rings. The summed E-state index contributed by atoms with van der Waals surface area (Å²) < 4.78 is 4.10. The summed E-state index contributed by atoms with van der Waals surface area (Å²) in [4.78, 5) is 1.27. The smallest absolute Gasteiger partial charge is 0.0700 e. The molecule has 2 aromatic rings. The van der Waals surface area contributed by atoms with Crippen molar-refractivity contribution in [3.8, 4) is 0 Å². The zero-order valence-corrected chi connectivity index (χ0v) is 15.4. The van der Waals surface area contributed by atoms with Gasteiger partial charge in [0, 0.05) is 22.2 Å². The topological polar surface area (TPSA) is 29.9 Å². The minimum atomic E-state index is 0.274. The van der Waals surface area contributed by atoms with Crippen molar-refractivity contribution in [3.05, 3.63) is 45.1 Å². The number of aryl methyl sites for hydroxylation is 1. The van der Waals surface area contributed by atoms with Crippen molar-refractivity contribution in [2.24, 2.45) is 7.05 Å². The number of aromatic nitrogens is 2. The van der Waals surface area contributed by atoms with E-state index in [1.165, 1.54) is 10.6 Å². The quantitative estimate of drug-likeness (QED) is 0.705. The van der Waals surface area contributed by atoms with Gasteiger partial charge in [0.25, 0.3) is 0 Å². The highest BCUT2D eigenvalue weighted by Gasteiger charge is 2.18. The summed E-state index contributed by atoms with van der Waals surface area (Å²) in [6, 6.07) is 8.69. The molecule has 0 aliphatic heterocycles. The molecule has 1 atom stereocenters. The number of hydrogen-bond donors (Lipinski definition) is 1. The Morgan fingerprint density at radius 1 is 1.30 bits per heavy atom. The molecule has 1 aromatic heterocycles. The van der Waals surface area contributed by atoms with E-state index in [1.807, 2.05) is 29.7 Å². The second-order valence-electron chi connectivity index (χ2n) is 4.38. The Hall–Kier alpha value is -0.300. The number of nitrogens with one attached hydrogen (secondary N) is 1. The van der Waals surface area contributed by atoms with E-state index in [-0.39, 0.29) is 6.04 Å². The molecule has 0 amide bonds. The van der Waals surface area contributed by atoms with Crippen LogP contribution in [0.15, 0.2) is 44.3 Å². The van der Waals surface area contributed by atoms with Crippen LogP contribution in [0.4, 0.5) is 0 Å². The van der Waals surface area contributed by atoms with Crippen molar-refractivity contribution in [2.75, 3.05) is 12.3 Å². The van der Waals surface area contributed by atoms with Gasteiger partial charge in [0.1, 0.15) is 0 Å². The molecule has 0 radical (unpaired) electrons. The lowest BCUT2D eigenvalue weighted by molar-refractivity contribution is 0.551. The van der Waals surface area contributed by atoms with Crippen LogP contribution < -0.4 is 5.32 Å². The van der Waals surface area contributed by atoms with Crippen molar-refractivity contribution in [1.29, 1.82) is 0 Å². The van der Waals surface area contributed by atoms with E-state index >= 15 is 0 Å². The van der Waals surface area contributed by atoms with Gasteiger partial charge < -0.3 is 5.32 Å². The number of rotatable bonds is 6. The number of hydrogen-bond acceptors (Lipinski definition) is 3. The van der Waals surface area contributed by atoms with Crippen LogP contribution in [0.5, 0.6) is 0 Å². The Balaban J connectivity index is 2.08. The van der Waals surface area contributed by atoms with Gasteiger partial charge in [-0.3, -0.25) is 4.68 Å². The highest BCUT2D eigenvalue weighted by atomic mass is 79.9. The zero-order valence-electron chi connectivity index (χ0n) is 11.4. The minimum absolute atomic E-state index is 0.274. The molecule has 0 saturated carbocycles. The fraction of sp³-hybridized carbons (Fsp3) is 0.357. The van der Waals surface area contributed by atoms with Gasteiger partial charge in [-0.25, -0.2) is 0 Å². The van der Waals surface area contributed by atoms with Crippen molar-refractivity contribution < 1.29 is 0 Å². The molecule has 1 N–H and O–H groups in total. The first kappa shape index (κ1) is 16.1. The molecule has 1 unspecified atom stereocenters. The molecule has 20 heavy (non-hydrogen) atoms. The predicted molar refractivity (Wildman–Crippen MR) is 92.2 cm³/mol. The lowest BCUT2D eigenvalue weighted by Crippen LogP contribution is -2.25. The summed E-state index contributed by atoms with van der Waals surface area (Å²) in [7, 11) is 1.98. The van der Waals surface area contributed by atoms with Crippen LogP contribution in [0.25, 0.3) is 0 Å². The molecule has 1 heterocycles. The Morgan fingerprint density at radius 3 is 2.55 bits per heavy atom. The molecule has 0 spiro atoms. The normalized spacial score (nSPS) is 12.6. The van der Waals surface area contributed by atoms with Crippen molar-refractivity contribution in [3.63, 3.8) is 0 Å². The van der Waals surface area contributed by atoms with Gasteiger partial charge in [-0.1, -0.05) is 22.9 Å². The number of benzene rings is 1. The van der Waals surface area contributed by atoms with E-state index in [2.05, 4.69) is 73.5 Å². The highest BCUT2D eigenvalue weighted by Crippen LogP contribution is 2.29. The predicted octanol–water partition coefficient (Wildman–Crippen LogP) is 4.39. The van der Waals surface area contributed by atoms with Crippen LogP contribution in [0, 0.1) is 0 Å². The van der Waals surface area contributed by atoms with Crippen LogP contribution in [0.1, 0.15) is 18.7 Å². The van der Waals surface area contributed by atoms with E-state index in [0.717, 1.165) is 21.2 Å². The zero-order chi connectivity index (χ0) is 14.5. The lowest BCUT2D eigenvalue weighted by atomic mass is 10.2. The van der Waals surface area contributed by atoms with Crippen LogP contribution in [-0.2, 0) is 7.05 Å². The average molecular weight is 419 g/mol. The Bertz CT molecular complexity index is 535. The lowest BCUT2D eigenvalue weighted by Gasteiger charge is -2.18. The SMILES string of the molecule is CCNC(CSc1ccc(Br)cc1)c1c(Br)cnn1C. The Labute approximate surface area is 140 Å². The van der Waals surface area contributed by atoms with Gasteiger partial charge in [0.2, 0.25) is 0 Å². The first-order valence-electron chi connectivity index (χ1n) is 6.41. The molecule has 0 saturated heterocycles. The summed E-state index contributed by atoms with van der Waals surface area (Å²) in [5, 5.41) is 7.83. The minimum Gasteiger partial charge on any atom is -0.308 e. The van der Waals surface area contributed by atoms with Crippen molar-refractivity contribution in [2.45, 2.75) is 17.9 Å². The maximum Gasteiger partial charge on any atom is 0.0700 e. The molecule has 0 aliphatic carbocycles. The van der Waals surface area contributed by atoms with E-state index in [0.29, 0.717) is 0 Å². The third-order valence-corrected chi connectivity index (χ3v) is 5.19. The molecular weight excluding hydrogens is 402 g/mol. The monoisotopic (exact) mass is 417 g/mol. The van der Waals surface area contributed by atoms with Crippen LogP contribution >= 0.6 is 43.6 Å².